The maximum absolute atomic E-state index is 10.9. The van der Waals surface area contributed by atoms with Gasteiger partial charge in [0.2, 0.25) is 0 Å². The molecular weight excluding hydrogens is 248 g/mol. The van der Waals surface area contributed by atoms with Gasteiger partial charge >= 0.3 is 5.97 Å². The molecule has 18 heavy (non-hydrogen) atoms. The zero-order valence-corrected chi connectivity index (χ0v) is 10.6. The van der Waals surface area contributed by atoms with E-state index in [9.17, 15) is 4.79 Å². The maximum Gasteiger partial charge on any atom is 0.317 e. The molecule has 0 aliphatic rings. The zero-order valence-electron chi connectivity index (χ0n) is 9.82. The van der Waals surface area contributed by atoms with Gasteiger partial charge in [-0.25, -0.2) is 0 Å². The molecule has 0 aliphatic carbocycles. The van der Waals surface area contributed by atoms with Crippen LogP contribution >= 0.6 is 11.3 Å². The molecule has 0 atom stereocenters. The number of aromatic nitrogens is 1. The van der Waals surface area contributed by atoms with Crippen molar-refractivity contribution >= 4 is 17.3 Å². The van der Waals surface area contributed by atoms with Crippen molar-refractivity contribution in [2.24, 2.45) is 0 Å². The fourth-order valence-electron chi connectivity index (χ4n) is 1.73. The molecule has 4 nitrogen and oxygen atoms in total. The number of carbonyl (C=O) groups is 1. The van der Waals surface area contributed by atoms with E-state index in [1.54, 1.807) is 23.7 Å². The Labute approximate surface area is 110 Å². The predicted molar refractivity (Wildman–Crippen MR) is 70.3 cm³/mol. The number of pyridine rings is 1. The van der Waals surface area contributed by atoms with Crippen LogP contribution in [0, 0.1) is 0 Å². The summed E-state index contributed by atoms with van der Waals surface area (Å²) in [6.07, 6.45) is 3.44. The van der Waals surface area contributed by atoms with Gasteiger partial charge in [-0.15, -0.1) is 11.3 Å². The molecule has 5 heteroatoms. The molecule has 1 N–H and O–H groups in total. The molecule has 94 valence electrons. The Morgan fingerprint density at radius 3 is 2.67 bits per heavy atom. The van der Waals surface area contributed by atoms with Crippen LogP contribution in [-0.4, -0.2) is 27.5 Å². The van der Waals surface area contributed by atoms with Crippen LogP contribution in [0.3, 0.4) is 0 Å². The Morgan fingerprint density at radius 2 is 2.06 bits per heavy atom. The van der Waals surface area contributed by atoms with E-state index in [0.717, 1.165) is 5.56 Å². The normalized spacial score (nSPS) is 10.7. The van der Waals surface area contributed by atoms with Crippen molar-refractivity contribution in [1.29, 1.82) is 0 Å². The van der Waals surface area contributed by atoms with Crippen molar-refractivity contribution in [3.05, 3.63) is 52.5 Å². The summed E-state index contributed by atoms with van der Waals surface area (Å²) in [5.41, 5.74) is 1.07. The number of aliphatic carboxylic acids is 1. The van der Waals surface area contributed by atoms with Crippen molar-refractivity contribution in [3.63, 3.8) is 0 Å². The number of rotatable bonds is 6. The van der Waals surface area contributed by atoms with Gasteiger partial charge in [0.1, 0.15) is 0 Å². The first kappa shape index (κ1) is 12.7. The van der Waals surface area contributed by atoms with Crippen LogP contribution in [0.1, 0.15) is 10.4 Å². The number of thiophene rings is 1. The van der Waals surface area contributed by atoms with E-state index in [4.69, 9.17) is 5.11 Å². The molecule has 0 amide bonds. The molecule has 0 spiro atoms. The second-order valence-electron chi connectivity index (χ2n) is 3.97. The average molecular weight is 262 g/mol. The zero-order chi connectivity index (χ0) is 12.8. The van der Waals surface area contributed by atoms with E-state index in [2.05, 4.69) is 4.98 Å². The Bertz CT molecular complexity index is 485. The van der Waals surface area contributed by atoms with Crippen molar-refractivity contribution in [1.82, 2.24) is 9.88 Å². The third-order valence-corrected chi connectivity index (χ3v) is 3.34. The molecule has 2 aromatic heterocycles. The molecule has 2 aromatic rings. The first-order valence-corrected chi connectivity index (χ1v) is 6.47. The fourth-order valence-corrected chi connectivity index (χ4v) is 2.47. The van der Waals surface area contributed by atoms with Gasteiger partial charge in [0.15, 0.2) is 0 Å². The fraction of sp³-hybridized carbons (Fsp3) is 0.231. The van der Waals surface area contributed by atoms with Crippen LogP contribution in [0.2, 0.25) is 0 Å². The molecular formula is C13H14N2O2S. The highest BCUT2D eigenvalue weighted by molar-refractivity contribution is 7.09. The summed E-state index contributed by atoms with van der Waals surface area (Å²) in [7, 11) is 0. The second-order valence-corrected chi connectivity index (χ2v) is 5.01. The minimum atomic E-state index is -0.805. The largest absolute Gasteiger partial charge is 0.480 e. The minimum absolute atomic E-state index is 0.0419. The van der Waals surface area contributed by atoms with Crippen LogP contribution < -0.4 is 0 Å². The van der Waals surface area contributed by atoms with Gasteiger partial charge in [-0.3, -0.25) is 14.7 Å². The smallest absolute Gasteiger partial charge is 0.317 e. The first-order valence-electron chi connectivity index (χ1n) is 5.59. The number of carboxylic acids is 1. The van der Waals surface area contributed by atoms with Gasteiger partial charge in [-0.1, -0.05) is 6.07 Å². The van der Waals surface area contributed by atoms with Crippen molar-refractivity contribution in [3.8, 4) is 0 Å². The SMILES string of the molecule is O=C(O)CN(Cc1ccncc1)Cc1cccs1. The molecule has 0 radical (unpaired) electrons. The Balaban J connectivity index is 2.03. The minimum Gasteiger partial charge on any atom is -0.480 e. The number of hydrogen-bond donors (Lipinski definition) is 1. The lowest BCUT2D eigenvalue weighted by atomic mass is 10.2. The summed E-state index contributed by atoms with van der Waals surface area (Å²) in [5, 5.41) is 10.9. The first-order chi connectivity index (χ1) is 8.74. The molecule has 0 aromatic carbocycles. The Hall–Kier alpha value is -1.72. The second kappa shape index (κ2) is 6.28. The highest BCUT2D eigenvalue weighted by Gasteiger charge is 2.11. The van der Waals surface area contributed by atoms with Crippen LogP contribution in [0.4, 0.5) is 0 Å². The van der Waals surface area contributed by atoms with Crippen LogP contribution in [0.5, 0.6) is 0 Å². The maximum atomic E-state index is 10.9. The topological polar surface area (TPSA) is 53.4 Å². The predicted octanol–water partition coefficient (Wildman–Crippen LogP) is 2.23. The number of hydrogen-bond acceptors (Lipinski definition) is 4. The summed E-state index contributed by atoms with van der Waals surface area (Å²) in [6, 6.07) is 7.81. The summed E-state index contributed by atoms with van der Waals surface area (Å²) in [4.78, 5) is 17.9. The van der Waals surface area contributed by atoms with E-state index in [0.29, 0.717) is 13.1 Å². The standard InChI is InChI=1S/C13H14N2O2S/c16-13(17)10-15(9-12-2-1-7-18-12)8-11-3-5-14-6-4-11/h1-7H,8-10H2,(H,16,17). The molecule has 0 fully saturated rings. The summed E-state index contributed by atoms with van der Waals surface area (Å²) >= 11 is 1.64. The van der Waals surface area contributed by atoms with Gasteiger partial charge < -0.3 is 5.11 Å². The molecule has 0 saturated heterocycles. The highest BCUT2D eigenvalue weighted by Crippen LogP contribution is 2.13. The van der Waals surface area contributed by atoms with Gasteiger partial charge in [0.25, 0.3) is 0 Å². The van der Waals surface area contributed by atoms with Crippen molar-refractivity contribution in [2.75, 3.05) is 6.54 Å². The van der Waals surface area contributed by atoms with Gasteiger partial charge in [-0.2, -0.15) is 0 Å². The molecule has 2 rings (SSSR count). The van der Waals surface area contributed by atoms with Gasteiger partial charge in [0, 0.05) is 30.4 Å². The Morgan fingerprint density at radius 1 is 1.28 bits per heavy atom. The van der Waals surface area contributed by atoms with Gasteiger partial charge in [0.05, 0.1) is 6.54 Å². The number of carboxylic acid groups (broad SMARTS) is 1. The lowest BCUT2D eigenvalue weighted by molar-refractivity contribution is -0.138. The molecule has 0 unspecified atom stereocenters. The van der Waals surface area contributed by atoms with E-state index < -0.39 is 5.97 Å². The third kappa shape index (κ3) is 3.94. The van der Waals surface area contributed by atoms with Crippen molar-refractivity contribution < 1.29 is 9.90 Å². The lowest BCUT2D eigenvalue weighted by Gasteiger charge is -2.19. The quantitative estimate of drug-likeness (QED) is 0.867. The monoisotopic (exact) mass is 262 g/mol. The summed E-state index contributed by atoms with van der Waals surface area (Å²) in [6.45, 7) is 1.32. The lowest BCUT2D eigenvalue weighted by Crippen LogP contribution is -2.28. The Kier molecular flexibility index (Phi) is 4.44. The molecule has 0 aliphatic heterocycles. The van der Waals surface area contributed by atoms with E-state index in [1.807, 2.05) is 34.5 Å². The highest BCUT2D eigenvalue weighted by atomic mass is 32.1. The van der Waals surface area contributed by atoms with E-state index >= 15 is 0 Å². The van der Waals surface area contributed by atoms with E-state index in [1.165, 1.54) is 4.88 Å². The third-order valence-electron chi connectivity index (χ3n) is 2.47. The molecule has 0 bridgehead atoms. The van der Waals surface area contributed by atoms with Gasteiger partial charge in [-0.05, 0) is 29.1 Å². The van der Waals surface area contributed by atoms with E-state index in [-0.39, 0.29) is 6.54 Å². The number of nitrogens with zero attached hydrogens (tertiary/aromatic N) is 2. The van der Waals surface area contributed by atoms with Crippen LogP contribution in [0.25, 0.3) is 0 Å². The summed E-state index contributed by atoms with van der Waals surface area (Å²) < 4.78 is 0. The molecule has 0 saturated carbocycles. The van der Waals surface area contributed by atoms with Crippen molar-refractivity contribution in [2.45, 2.75) is 13.1 Å². The average Bonchev–Trinajstić information content (AvgIpc) is 2.82. The van der Waals surface area contributed by atoms with Crippen LogP contribution in [-0.2, 0) is 17.9 Å². The van der Waals surface area contributed by atoms with Crippen LogP contribution in [0.15, 0.2) is 42.0 Å². The summed E-state index contributed by atoms with van der Waals surface area (Å²) in [5.74, 6) is -0.805. The molecule has 2 heterocycles.